The number of nitrogens with zero attached hydrogens (tertiary/aromatic N) is 1. The molecule has 0 spiro atoms. The Morgan fingerprint density at radius 1 is 1.11 bits per heavy atom. The van der Waals surface area contributed by atoms with Crippen LogP contribution in [0.1, 0.15) is 53.4 Å². The van der Waals surface area contributed by atoms with Crippen molar-refractivity contribution in [2.75, 3.05) is 29.9 Å². The van der Waals surface area contributed by atoms with E-state index < -0.39 is 15.3 Å². The number of sulfonamides is 1. The number of rotatable bonds is 9. The fourth-order valence-corrected chi connectivity index (χ4v) is 4.41. The molecule has 1 aliphatic rings. The Bertz CT molecular complexity index is 722. The number of hydrogen-bond donors (Lipinski definition) is 2. The number of piperidine rings is 1. The Morgan fingerprint density at radius 2 is 1.71 bits per heavy atom. The van der Waals surface area contributed by atoms with Crippen LogP contribution in [0.3, 0.4) is 0 Å². The fourth-order valence-electron chi connectivity index (χ4n) is 3.64. The van der Waals surface area contributed by atoms with Crippen molar-refractivity contribution < 1.29 is 13.2 Å². The first kappa shape index (κ1) is 22.7. The summed E-state index contributed by atoms with van der Waals surface area (Å²) < 4.78 is 25.9. The number of hydrogen-bond acceptors (Lipinski definition) is 4. The molecular formula is C21H35N3O3S. The number of nitrogens with one attached hydrogen (secondary N) is 2. The lowest BCUT2D eigenvalue weighted by Crippen LogP contribution is -2.38. The predicted octanol–water partition coefficient (Wildman–Crippen LogP) is 3.61. The average molecular weight is 410 g/mol. The largest absolute Gasteiger partial charge is 0.371 e. The van der Waals surface area contributed by atoms with Gasteiger partial charge in [0.1, 0.15) is 0 Å². The summed E-state index contributed by atoms with van der Waals surface area (Å²) in [5.74, 6) is 1.36. The molecule has 7 heteroatoms. The number of amides is 1. The molecule has 1 fully saturated rings. The first-order valence-electron chi connectivity index (χ1n) is 10.3. The van der Waals surface area contributed by atoms with Gasteiger partial charge in [0.25, 0.3) is 0 Å². The van der Waals surface area contributed by atoms with Gasteiger partial charge in [-0.25, -0.2) is 13.1 Å². The van der Waals surface area contributed by atoms with E-state index in [2.05, 4.69) is 40.9 Å². The monoisotopic (exact) mass is 409 g/mol. The van der Waals surface area contributed by atoms with Crippen LogP contribution in [0.5, 0.6) is 0 Å². The van der Waals surface area contributed by atoms with Gasteiger partial charge in [-0.2, -0.15) is 0 Å². The van der Waals surface area contributed by atoms with Gasteiger partial charge in [0, 0.05) is 37.4 Å². The SMILES string of the molecule is CC1CC(C)CN(c2ccc(NC(=O)CCCCNS(=O)(=O)C(C)C)cc2)C1. The molecule has 158 valence electrons. The highest BCUT2D eigenvalue weighted by atomic mass is 32.2. The quantitative estimate of drug-likeness (QED) is 0.611. The zero-order valence-corrected chi connectivity index (χ0v) is 18.4. The van der Waals surface area contributed by atoms with Crippen molar-refractivity contribution in [3.05, 3.63) is 24.3 Å². The van der Waals surface area contributed by atoms with Crippen LogP contribution < -0.4 is 14.9 Å². The second-order valence-electron chi connectivity index (χ2n) is 8.39. The van der Waals surface area contributed by atoms with Crippen molar-refractivity contribution >= 4 is 27.3 Å². The Morgan fingerprint density at radius 3 is 2.29 bits per heavy atom. The van der Waals surface area contributed by atoms with Gasteiger partial charge in [-0.1, -0.05) is 13.8 Å². The first-order valence-corrected chi connectivity index (χ1v) is 11.9. The molecule has 1 amide bonds. The van der Waals surface area contributed by atoms with Gasteiger partial charge in [-0.05, 0) is 69.2 Å². The van der Waals surface area contributed by atoms with Crippen LogP contribution >= 0.6 is 0 Å². The molecule has 0 aromatic heterocycles. The molecule has 2 rings (SSSR count). The second-order valence-corrected chi connectivity index (χ2v) is 10.7. The minimum Gasteiger partial charge on any atom is -0.371 e. The van der Waals surface area contributed by atoms with Crippen LogP contribution in [-0.2, 0) is 14.8 Å². The summed E-state index contributed by atoms with van der Waals surface area (Å²) in [6.45, 7) is 10.4. The van der Waals surface area contributed by atoms with Gasteiger partial charge in [0.2, 0.25) is 15.9 Å². The number of carbonyl (C=O) groups excluding carboxylic acids is 1. The minimum atomic E-state index is -3.22. The maximum atomic E-state index is 12.1. The van der Waals surface area contributed by atoms with Gasteiger partial charge in [-0.3, -0.25) is 4.79 Å². The summed E-state index contributed by atoms with van der Waals surface area (Å²) in [4.78, 5) is 14.5. The Hall–Kier alpha value is -1.60. The molecule has 1 aromatic rings. The minimum absolute atomic E-state index is 0.0420. The van der Waals surface area contributed by atoms with E-state index in [1.165, 1.54) is 12.1 Å². The van der Waals surface area contributed by atoms with Crippen LogP contribution in [0.15, 0.2) is 24.3 Å². The maximum absolute atomic E-state index is 12.1. The summed E-state index contributed by atoms with van der Waals surface area (Å²) in [5.41, 5.74) is 2.00. The topological polar surface area (TPSA) is 78.5 Å². The molecule has 0 aliphatic carbocycles. The molecule has 1 aromatic carbocycles. The highest BCUT2D eigenvalue weighted by molar-refractivity contribution is 7.90. The van der Waals surface area contributed by atoms with Gasteiger partial charge < -0.3 is 10.2 Å². The van der Waals surface area contributed by atoms with Crippen molar-refractivity contribution in [1.29, 1.82) is 0 Å². The third-order valence-electron chi connectivity index (χ3n) is 5.14. The summed E-state index contributed by atoms with van der Waals surface area (Å²) in [6.07, 6.45) is 2.95. The molecule has 2 atom stereocenters. The van der Waals surface area contributed by atoms with E-state index in [-0.39, 0.29) is 5.91 Å². The van der Waals surface area contributed by atoms with E-state index in [1.807, 2.05) is 12.1 Å². The molecular weight excluding hydrogens is 374 g/mol. The molecule has 1 heterocycles. The lowest BCUT2D eigenvalue weighted by Gasteiger charge is -2.36. The number of carbonyl (C=O) groups is 1. The molecule has 0 bridgehead atoms. The molecule has 2 unspecified atom stereocenters. The van der Waals surface area contributed by atoms with Crippen molar-refractivity contribution in [2.45, 2.75) is 58.6 Å². The average Bonchev–Trinajstić information content (AvgIpc) is 2.61. The van der Waals surface area contributed by atoms with Gasteiger partial charge in [-0.15, -0.1) is 0 Å². The summed E-state index contributed by atoms with van der Waals surface area (Å²) >= 11 is 0. The summed E-state index contributed by atoms with van der Waals surface area (Å²) in [5, 5.41) is 2.48. The number of anilines is 2. The molecule has 0 saturated carbocycles. The molecule has 1 saturated heterocycles. The maximum Gasteiger partial charge on any atom is 0.224 e. The molecule has 6 nitrogen and oxygen atoms in total. The van der Waals surface area contributed by atoms with E-state index in [4.69, 9.17) is 0 Å². The summed E-state index contributed by atoms with van der Waals surface area (Å²) in [6, 6.07) is 8.05. The number of unbranched alkanes of at least 4 members (excludes halogenated alkanes) is 1. The second kappa shape index (κ2) is 10.3. The van der Waals surface area contributed by atoms with Crippen LogP contribution in [0.2, 0.25) is 0 Å². The lowest BCUT2D eigenvalue weighted by atomic mass is 9.91. The Kier molecular flexibility index (Phi) is 8.31. The highest BCUT2D eigenvalue weighted by Gasteiger charge is 2.21. The van der Waals surface area contributed by atoms with Gasteiger partial charge in [0.15, 0.2) is 0 Å². The predicted molar refractivity (Wildman–Crippen MR) is 116 cm³/mol. The molecule has 2 N–H and O–H groups in total. The van der Waals surface area contributed by atoms with Crippen molar-refractivity contribution in [1.82, 2.24) is 4.72 Å². The third-order valence-corrected chi connectivity index (χ3v) is 6.99. The van der Waals surface area contributed by atoms with E-state index in [0.29, 0.717) is 37.6 Å². The zero-order chi connectivity index (χ0) is 20.7. The van der Waals surface area contributed by atoms with Crippen LogP contribution in [0.25, 0.3) is 0 Å². The number of benzene rings is 1. The Balaban J connectivity index is 1.72. The van der Waals surface area contributed by atoms with Crippen molar-refractivity contribution in [3.63, 3.8) is 0 Å². The summed E-state index contributed by atoms with van der Waals surface area (Å²) in [7, 11) is -3.22. The van der Waals surface area contributed by atoms with E-state index in [1.54, 1.807) is 13.8 Å². The van der Waals surface area contributed by atoms with E-state index >= 15 is 0 Å². The molecule has 28 heavy (non-hydrogen) atoms. The zero-order valence-electron chi connectivity index (χ0n) is 17.6. The lowest BCUT2D eigenvalue weighted by molar-refractivity contribution is -0.116. The van der Waals surface area contributed by atoms with Crippen LogP contribution in [-0.4, -0.2) is 39.2 Å². The van der Waals surface area contributed by atoms with Crippen molar-refractivity contribution in [3.8, 4) is 0 Å². The highest BCUT2D eigenvalue weighted by Crippen LogP contribution is 2.27. The van der Waals surface area contributed by atoms with E-state index in [9.17, 15) is 13.2 Å². The third kappa shape index (κ3) is 7.09. The smallest absolute Gasteiger partial charge is 0.224 e. The standard InChI is InChI=1S/C21H35N3O3S/c1-16(2)28(26,27)22-12-6-5-7-21(25)23-19-8-10-20(11-9-19)24-14-17(3)13-18(4)15-24/h8-11,16-18,22H,5-7,12-15H2,1-4H3,(H,23,25). The van der Waals surface area contributed by atoms with Crippen molar-refractivity contribution in [2.24, 2.45) is 11.8 Å². The Labute approximate surface area is 170 Å². The van der Waals surface area contributed by atoms with Crippen LogP contribution in [0, 0.1) is 11.8 Å². The fraction of sp³-hybridized carbons (Fsp3) is 0.667. The molecule has 1 aliphatic heterocycles. The van der Waals surface area contributed by atoms with Crippen LogP contribution in [0.4, 0.5) is 11.4 Å². The normalized spacial score (nSPS) is 20.4. The first-order chi connectivity index (χ1) is 13.2. The van der Waals surface area contributed by atoms with E-state index in [0.717, 1.165) is 18.8 Å². The van der Waals surface area contributed by atoms with Gasteiger partial charge >= 0.3 is 0 Å². The van der Waals surface area contributed by atoms with Gasteiger partial charge in [0.05, 0.1) is 5.25 Å². The molecule has 0 radical (unpaired) electrons.